The van der Waals surface area contributed by atoms with Crippen molar-refractivity contribution in [3.63, 3.8) is 0 Å². The number of fused-ring (bicyclic) bond motifs is 1. The molecule has 0 unspecified atom stereocenters. The molecule has 34 heavy (non-hydrogen) atoms. The van der Waals surface area contributed by atoms with Gasteiger partial charge in [0.05, 0.1) is 20.8 Å². The Balaban J connectivity index is 1.41. The van der Waals surface area contributed by atoms with E-state index in [1.807, 2.05) is 58.8 Å². The highest BCUT2D eigenvalue weighted by Gasteiger charge is 2.33. The van der Waals surface area contributed by atoms with Gasteiger partial charge in [0.1, 0.15) is 0 Å². The van der Waals surface area contributed by atoms with Crippen LogP contribution in [0.4, 0.5) is 10.8 Å². The van der Waals surface area contributed by atoms with Gasteiger partial charge in [-0.05, 0) is 60.0 Å². The van der Waals surface area contributed by atoms with Crippen LogP contribution in [0.5, 0.6) is 0 Å². The lowest BCUT2D eigenvalue weighted by molar-refractivity contribution is -0.122. The molecule has 0 atom stereocenters. The maximum absolute atomic E-state index is 13.9. The van der Waals surface area contributed by atoms with Gasteiger partial charge >= 0.3 is 0 Å². The molecule has 1 aliphatic heterocycles. The number of thiazole rings is 1. The second-order valence-corrected chi connectivity index (χ2v) is 10.9. The first-order valence-electron chi connectivity index (χ1n) is 11.6. The topological polar surface area (TPSA) is 53.5 Å². The van der Waals surface area contributed by atoms with Gasteiger partial charge in [0.2, 0.25) is 5.91 Å². The number of para-hydroxylation sites is 1. The first-order valence-corrected chi connectivity index (χ1v) is 13.3. The minimum atomic E-state index is -0.149. The summed E-state index contributed by atoms with van der Waals surface area (Å²) in [7, 11) is 0. The summed E-state index contributed by atoms with van der Waals surface area (Å²) in [4.78, 5) is 35.8. The highest BCUT2D eigenvalue weighted by Crippen LogP contribution is 2.36. The van der Waals surface area contributed by atoms with Crippen molar-refractivity contribution >= 4 is 55.5 Å². The Morgan fingerprint density at radius 1 is 1.00 bits per heavy atom. The number of rotatable bonds is 5. The monoisotopic (exact) mass is 489 g/mol. The molecule has 174 valence electrons. The standard InChI is InChI=1S/C27H27N3O2S2/c1-18(2)19-9-11-21(12-10-19)30(27-28-22-6-3-4-7-23(22)34-27)25(31)20-13-15-29(16-14-20)26(32)24-8-5-17-33-24/h3-12,17-18,20H,13-16H2,1-2H3. The third-order valence-electron chi connectivity index (χ3n) is 6.38. The number of benzene rings is 2. The van der Waals surface area contributed by atoms with E-state index in [0.29, 0.717) is 37.0 Å². The predicted octanol–water partition coefficient (Wildman–Crippen LogP) is 6.70. The van der Waals surface area contributed by atoms with E-state index in [0.717, 1.165) is 20.8 Å². The van der Waals surface area contributed by atoms with Crippen LogP contribution in [0.25, 0.3) is 10.2 Å². The first-order chi connectivity index (χ1) is 16.5. The maximum Gasteiger partial charge on any atom is 0.263 e. The van der Waals surface area contributed by atoms with E-state index in [9.17, 15) is 9.59 Å². The summed E-state index contributed by atoms with van der Waals surface area (Å²) < 4.78 is 1.06. The summed E-state index contributed by atoms with van der Waals surface area (Å²) in [5, 5.41) is 2.62. The second kappa shape index (κ2) is 9.68. The SMILES string of the molecule is CC(C)c1ccc(N(C(=O)C2CCN(C(=O)c3cccs3)CC2)c2nc3ccccc3s2)cc1. The van der Waals surface area contributed by atoms with E-state index in [1.54, 1.807) is 4.90 Å². The Hall–Kier alpha value is -3.03. The summed E-state index contributed by atoms with van der Waals surface area (Å²) in [5.74, 6) is 0.391. The number of piperidine rings is 1. The summed E-state index contributed by atoms with van der Waals surface area (Å²) >= 11 is 3.00. The number of anilines is 2. The number of carbonyl (C=O) groups is 2. The van der Waals surface area contributed by atoms with E-state index in [4.69, 9.17) is 4.98 Å². The second-order valence-electron chi connectivity index (χ2n) is 8.93. The Morgan fingerprint density at radius 2 is 1.74 bits per heavy atom. The number of hydrogen-bond acceptors (Lipinski definition) is 5. The van der Waals surface area contributed by atoms with Crippen molar-refractivity contribution in [3.8, 4) is 0 Å². The van der Waals surface area contributed by atoms with Gasteiger partial charge in [0.25, 0.3) is 5.91 Å². The largest absolute Gasteiger partial charge is 0.338 e. The molecule has 0 aliphatic carbocycles. The van der Waals surface area contributed by atoms with Crippen molar-refractivity contribution in [2.24, 2.45) is 5.92 Å². The van der Waals surface area contributed by atoms with E-state index in [1.165, 1.54) is 28.2 Å². The van der Waals surface area contributed by atoms with E-state index in [2.05, 4.69) is 26.0 Å². The van der Waals surface area contributed by atoms with Gasteiger partial charge in [-0.25, -0.2) is 4.98 Å². The molecule has 1 saturated heterocycles. The molecule has 4 aromatic rings. The molecule has 3 heterocycles. The van der Waals surface area contributed by atoms with E-state index >= 15 is 0 Å². The van der Waals surface area contributed by atoms with Crippen molar-refractivity contribution in [2.75, 3.05) is 18.0 Å². The van der Waals surface area contributed by atoms with Gasteiger partial charge in [0, 0.05) is 19.0 Å². The van der Waals surface area contributed by atoms with Crippen LogP contribution in [0.3, 0.4) is 0 Å². The van der Waals surface area contributed by atoms with Crippen LogP contribution in [0.1, 0.15) is 47.8 Å². The zero-order chi connectivity index (χ0) is 23.7. The van der Waals surface area contributed by atoms with Crippen LogP contribution in [-0.4, -0.2) is 34.8 Å². The van der Waals surface area contributed by atoms with Gasteiger partial charge in [0.15, 0.2) is 5.13 Å². The van der Waals surface area contributed by atoms with Crippen molar-refractivity contribution in [1.82, 2.24) is 9.88 Å². The minimum Gasteiger partial charge on any atom is -0.338 e. The molecular formula is C27H27N3O2S2. The Labute approximate surface area is 207 Å². The Morgan fingerprint density at radius 3 is 2.38 bits per heavy atom. The normalized spacial score (nSPS) is 14.6. The smallest absolute Gasteiger partial charge is 0.263 e. The zero-order valence-electron chi connectivity index (χ0n) is 19.3. The average molecular weight is 490 g/mol. The molecule has 2 aromatic heterocycles. The molecule has 0 saturated carbocycles. The third-order valence-corrected chi connectivity index (χ3v) is 8.26. The zero-order valence-corrected chi connectivity index (χ0v) is 20.9. The van der Waals surface area contributed by atoms with Crippen LogP contribution < -0.4 is 4.90 Å². The quantitative estimate of drug-likeness (QED) is 0.313. The van der Waals surface area contributed by atoms with Crippen LogP contribution in [0, 0.1) is 5.92 Å². The molecule has 0 radical (unpaired) electrons. The number of amides is 2. The summed E-state index contributed by atoms with van der Waals surface area (Å²) in [6.07, 6.45) is 1.31. The Kier molecular flexibility index (Phi) is 6.48. The van der Waals surface area contributed by atoms with Crippen molar-refractivity contribution in [2.45, 2.75) is 32.6 Å². The number of carbonyl (C=O) groups excluding carboxylic acids is 2. The number of thiophene rings is 1. The van der Waals surface area contributed by atoms with Crippen molar-refractivity contribution in [3.05, 3.63) is 76.5 Å². The van der Waals surface area contributed by atoms with Crippen molar-refractivity contribution < 1.29 is 9.59 Å². The van der Waals surface area contributed by atoms with Gasteiger partial charge < -0.3 is 4.90 Å². The number of likely N-dealkylation sites (tertiary alicyclic amines) is 1. The van der Waals surface area contributed by atoms with Crippen LogP contribution >= 0.6 is 22.7 Å². The van der Waals surface area contributed by atoms with Gasteiger partial charge in [-0.3, -0.25) is 14.5 Å². The van der Waals surface area contributed by atoms with Gasteiger partial charge in [-0.1, -0.05) is 55.5 Å². The van der Waals surface area contributed by atoms with E-state index < -0.39 is 0 Å². The minimum absolute atomic E-state index is 0.0552. The highest BCUT2D eigenvalue weighted by molar-refractivity contribution is 7.22. The van der Waals surface area contributed by atoms with Gasteiger partial charge in [-0.15, -0.1) is 11.3 Å². The maximum atomic E-state index is 13.9. The van der Waals surface area contributed by atoms with Gasteiger partial charge in [-0.2, -0.15) is 0 Å². The Bertz CT molecular complexity index is 1250. The molecule has 7 heteroatoms. The molecule has 1 aliphatic rings. The molecule has 0 bridgehead atoms. The summed E-state index contributed by atoms with van der Waals surface area (Å²) in [6.45, 7) is 5.51. The lowest BCUT2D eigenvalue weighted by Gasteiger charge is -2.33. The number of nitrogens with zero attached hydrogens (tertiary/aromatic N) is 3. The fourth-order valence-corrected chi connectivity index (χ4v) is 6.05. The molecule has 2 aromatic carbocycles. The summed E-state index contributed by atoms with van der Waals surface area (Å²) in [6, 6.07) is 20.0. The fourth-order valence-electron chi connectivity index (χ4n) is 4.36. The highest BCUT2D eigenvalue weighted by atomic mass is 32.1. The van der Waals surface area contributed by atoms with Crippen LogP contribution in [0.15, 0.2) is 66.0 Å². The van der Waals surface area contributed by atoms with E-state index in [-0.39, 0.29) is 17.7 Å². The summed E-state index contributed by atoms with van der Waals surface area (Å²) in [5.41, 5.74) is 2.97. The molecule has 5 nitrogen and oxygen atoms in total. The lowest BCUT2D eigenvalue weighted by atomic mass is 9.94. The number of aromatic nitrogens is 1. The average Bonchev–Trinajstić information content (AvgIpc) is 3.54. The number of hydrogen-bond donors (Lipinski definition) is 0. The predicted molar refractivity (Wildman–Crippen MR) is 140 cm³/mol. The van der Waals surface area contributed by atoms with Crippen LogP contribution in [0.2, 0.25) is 0 Å². The molecule has 0 N–H and O–H groups in total. The fraction of sp³-hybridized carbons (Fsp3) is 0.296. The van der Waals surface area contributed by atoms with Crippen molar-refractivity contribution in [1.29, 1.82) is 0 Å². The third kappa shape index (κ3) is 4.50. The molecular weight excluding hydrogens is 462 g/mol. The molecule has 0 spiro atoms. The first kappa shape index (κ1) is 22.7. The van der Waals surface area contributed by atoms with Crippen LogP contribution in [-0.2, 0) is 4.79 Å². The molecule has 5 rings (SSSR count). The lowest BCUT2D eigenvalue weighted by Crippen LogP contribution is -2.43. The molecule has 1 fully saturated rings. The molecule has 2 amide bonds.